The minimum Gasteiger partial charge on any atom is -0.358 e. The predicted molar refractivity (Wildman–Crippen MR) is 29.1 cm³/mol. The quantitative estimate of drug-likeness (QED) is 0.448. The van der Waals surface area contributed by atoms with Gasteiger partial charge in [0.25, 0.3) is 0 Å². The van der Waals surface area contributed by atoms with E-state index in [0.29, 0.717) is 5.02 Å². The SMILES string of the molecule is Clc1c[c-]c[c-]c1. The maximum Gasteiger partial charge on any atom is -0.190 e. The second-order valence-electron chi connectivity index (χ2n) is 1.15. The number of halogens is 1. The zero-order chi connectivity index (χ0) is 5.11. The van der Waals surface area contributed by atoms with Gasteiger partial charge in [0.05, 0.1) is 0 Å². The van der Waals surface area contributed by atoms with Crippen LogP contribution in [0, 0.1) is 12.1 Å². The first-order valence-electron chi connectivity index (χ1n) is 1.92. The third-order valence-corrected chi connectivity index (χ3v) is 0.827. The van der Waals surface area contributed by atoms with E-state index in [1.54, 1.807) is 18.2 Å². The minimum atomic E-state index is 0.683. The Morgan fingerprint density at radius 2 is 1.86 bits per heavy atom. The Kier molecular flexibility index (Phi) is 1.32. The monoisotopic (exact) mass is 110 g/mol. The summed E-state index contributed by atoms with van der Waals surface area (Å²) in [5.74, 6) is 0. The molecule has 0 aliphatic rings. The van der Waals surface area contributed by atoms with Crippen LogP contribution in [-0.4, -0.2) is 0 Å². The molecule has 0 aliphatic heterocycles. The molecule has 36 valence electrons. The third kappa shape index (κ3) is 1.20. The fourth-order valence-corrected chi connectivity index (χ4v) is 0.458. The van der Waals surface area contributed by atoms with Gasteiger partial charge in [-0.05, 0) is 0 Å². The highest BCUT2D eigenvalue weighted by Gasteiger charge is 1.51. The highest BCUT2D eigenvalue weighted by atomic mass is 35.5. The predicted octanol–water partition coefficient (Wildman–Crippen LogP) is 1.94. The smallest absolute Gasteiger partial charge is 0.190 e. The highest BCUT2D eigenvalue weighted by Crippen LogP contribution is 2.02. The summed E-state index contributed by atoms with van der Waals surface area (Å²) in [5, 5.41) is 0.683. The van der Waals surface area contributed by atoms with Gasteiger partial charge in [0.2, 0.25) is 0 Å². The second-order valence-corrected chi connectivity index (χ2v) is 1.59. The van der Waals surface area contributed by atoms with E-state index >= 15 is 0 Å². The normalized spacial score (nSPS) is 8.71. The lowest BCUT2D eigenvalue weighted by atomic mass is 10.4. The van der Waals surface area contributed by atoms with E-state index in [1.807, 2.05) is 0 Å². The van der Waals surface area contributed by atoms with Crippen LogP contribution in [0.25, 0.3) is 0 Å². The molecule has 0 saturated heterocycles. The average Bonchev–Trinajstić information content (AvgIpc) is 1.69. The Balaban J connectivity index is 3.02. The van der Waals surface area contributed by atoms with Gasteiger partial charge in [-0.15, -0.1) is 0 Å². The maximum absolute atomic E-state index is 5.48. The molecule has 7 heavy (non-hydrogen) atoms. The van der Waals surface area contributed by atoms with E-state index in [4.69, 9.17) is 11.6 Å². The average molecular weight is 111 g/mol. The van der Waals surface area contributed by atoms with Crippen molar-refractivity contribution in [2.24, 2.45) is 0 Å². The molecule has 0 atom stereocenters. The first-order valence-corrected chi connectivity index (χ1v) is 2.30. The molecule has 0 fully saturated rings. The fraction of sp³-hybridized carbons (Fsp3) is 0. The van der Waals surface area contributed by atoms with E-state index in [0.717, 1.165) is 0 Å². The second kappa shape index (κ2) is 1.99. The molecule has 0 heterocycles. The summed E-state index contributed by atoms with van der Waals surface area (Å²) >= 11 is 5.48. The Morgan fingerprint density at radius 3 is 2.14 bits per heavy atom. The molecule has 0 aliphatic carbocycles. The van der Waals surface area contributed by atoms with Crippen LogP contribution in [0.3, 0.4) is 0 Å². The third-order valence-electron chi connectivity index (χ3n) is 0.609. The molecule has 0 aromatic heterocycles. The van der Waals surface area contributed by atoms with Crippen molar-refractivity contribution in [1.82, 2.24) is 0 Å². The van der Waals surface area contributed by atoms with Crippen molar-refractivity contribution in [3.63, 3.8) is 0 Å². The van der Waals surface area contributed by atoms with E-state index < -0.39 is 0 Å². The topological polar surface area (TPSA) is 0 Å². The molecule has 1 heteroatoms. The summed E-state index contributed by atoms with van der Waals surface area (Å²) in [6.07, 6.45) is 0. The van der Waals surface area contributed by atoms with Gasteiger partial charge in [0.1, 0.15) is 0 Å². The van der Waals surface area contributed by atoms with Gasteiger partial charge in [0.15, 0.2) is 0 Å². The molecule has 1 aromatic carbocycles. The van der Waals surface area contributed by atoms with E-state index in [2.05, 4.69) is 12.1 Å². The standard InChI is InChI=1S/C6H3Cl/c7-6-4-2-1-3-5-6/h1,4-5H/q-2. The Morgan fingerprint density at radius 1 is 1.29 bits per heavy atom. The zero-order valence-electron chi connectivity index (χ0n) is 3.61. The van der Waals surface area contributed by atoms with Gasteiger partial charge in [-0.1, -0.05) is 0 Å². The van der Waals surface area contributed by atoms with Crippen LogP contribution < -0.4 is 0 Å². The molecule has 0 unspecified atom stereocenters. The summed E-state index contributed by atoms with van der Waals surface area (Å²) in [6.45, 7) is 0. The maximum atomic E-state index is 5.48. The van der Waals surface area contributed by atoms with Crippen molar-refractivity contribution in [2.75, 3.05) is 0 Å². The van der Waals surface area contributed by atoms with E-state index in [9.17, 15) is 0 Å². The first kappa shape index (κ1) is 4.66. The lowest BCUT2D eigenvalue weighted by Gasteiger charge is -2.04. The number of benzene rings is 1. The van der Waals surface area contributed by atoms with Gasteiger partial charge >= 0.3 is 0 Å². The zero-order valence-corrected chi connectivity index (χ0v) is 4.37. The Bertz CT molecular complexity index is 134. The molecule has 0 amide bonds. The van der Waals surface area contributed by atoms with Gasteiger partial charge in [0, 0.05) is 0 Å². The van der Waals surface area contributed by atoms with Crippen molar-refractivity contribution in [3.8, 4) is 0 Å². The van der Waals surface area contributed by atoms with Crippen molar-refractivity contribution in [2.45, 2.75) is 0 Å². The molecule has 0 bridgehead atoms. The van der Waals surface area contributed by atoms with Crippen molar-refractivity contribution >= 4 is 11.6 Å². The van der Waals surface area contributed by atoms with Crippen molar-refractivity contribution < 1.29 is 0 Å². The van der Waals surface area contributed by atoms with Crippen LogP contribution in [0.15, 0.2) is 18.2 Å². The van der Waals surface area contributed by atoms with Crippen LogP contribution >= 0.6 is 11.6 Å². The summed E-state index contributed by atoms with van der Waals surface area (Å²) < 4.78 is 0. The fourth-order valence-electron chi connectivity index (χ4n) is 0.332. The van der Waals surface area contributed by atoms with Gasteiger partial charge in [-0.2, -0.15) is 5.02 Å². The Labute approximate surface area is 47.7 Å². The molecule has 0 saturated carbocycles. The molecular weight excluding hydrogens is 108 g/mol. The van der Waals surface area contributed by atoms with Gasteiger partial charge in [-0.3, -0.25) is 12.1 Å². The van der Waals surface area contributed by atoms with Crippen molar-refractivity contribution in [3.05, 3.63) is 35.4 Å². The molecule has 0 spiro atoms. The lowest BCUT2D eigenvalue weighted by molar-refractivity contribution is 1.68. The number of hydrogen-bond donors (Lipinski definition) is 0. The first-order chi connectivity index (χ1) is 3.39. The highest BCUT2D eigenvalue weighted by molar-refractivity contribution is 6.30. The lowest BCUT2D eigenvalue weighted by Crippen LogP contribution is -1.57. The molecule has 0 nitrogen and oxygen atoms in total. The molecule has 0 N–H and O–H groups in total. The number of rotatable bonds is 0. The summed E-state index contributed by atoms with van der Waals surface area (Å²) in [6, 6.07) is 10.6. The van der Waals surface area contributed by atoms with Crippen molar-refractivity contribution in [1.29, 1.82) is 0 Å². The van der Waals surface area contributed by atoms with Crippen LogP contribution in [0.4, 0.5) is 0 Å². The Hall–Kier alpha value is -0.490. The number of hydrogen-bond acceptors (Lipinski definition) is 0. The molecule has 1 aromatic rings. The summed E-state index contributed by atoms with van der Waals surface area (Å²) in [7, 11) is 0. The largest absolute Gasteiger partial charge is 0.358 e. The molecule has 1 rings (SSSR count). The van der Waals surface area contributed by atoms with E-state index in [1.165, 1.54) is 0 Å². The summed E-state index contributed by atoms with van der Waals surface area (Å²) in [5.41, 5.74) is 0. The molecular formula is C6H3Cl-2. The summed E-state index contributed by atoms with van der Waals surface area (Å²) in [4.78, 5) is 0. The van der Waals surface area contributed by atoms with Gasteiger partial charge < -0.3 is 18.2 Å². The van der Waals surface area contributed by atoms with Crippen LogP contribution in [0.1, 0.15) is 0 Å². The molecule has 0 radical (unpaired) electrons. The van der Waals surface area contributed by atoms with Crippen LogP contribution in [-0.2, 0) is 0 Å². The van der Waals surface area contributed by atoms with Crippen LogP contribution in [0.2, 0.25) is 5.02 Å². The van der Waals surface area contributed by atoms with Crippen LogP contribution in [0.5, 0.6) is 0 Å². The van der Waals surface area contributed by atoms with E-state index in [-0.39, 0.29) is 0 Å². The van der Waals surface area contributed by atoms with Gasteiger partial charge in [-0.25, -0.2) is 11.6 Å². The minimum absolute atomic E-state index is 0.683.